The molecule has 2 amide bonds. The lowest BCUT2D eigenvalue weighted by atomic mass is 9.95. The van der Waals surface area contributed by atoms with E-state index in [0.717, 1.165) is 42.4 Å². The lowest BCUT2D eigenvalue weighted by Gasteiger charge is -2.33. The summed E-state index contributed by atoms with van der Waals surface area (Å²) in [6.07, 6.45) is 3.56. The second kappa shape index (κ2) is 8.83. The van der Waals surface area contributed by atoms with Crippen molar-refractivity contribution >= 4 is 27.7 Å². The lowest BCUT2D eigenvalue weighted by molar-refractivity contribution is -0.135. The van der Waals surface area contributed by atoms with Gasteiger partial charge in [-0.1, -0.05) is 27.2 Å². The Balaban J connectivity index is 1.93. The molecule has 2 rings (SSSR count). The molecule has 6 nitrogen and oxygen atoms in total. The molecule has 0 unspecified atom stereocenters. The van der Waals surface area contributed by atoms with E-state index >= 15 is 0 Å². The van der Waals surface area contributed by atoms with Crippen LogP contribution in [0.3, 0.4) is 0 Å². The molecule has 1 saturated heterocycles. The topological polar surface area (TPSA) is 69.3 Å². The number of amides is 2. The highest BCUT2D eigenvalue weighted by atomic mass is 79.9. The summed E-state index contributed by atoms with van der Waals surface area (Å²) in [4.78, 5) is 28.9. The number of unbranched alkanes of at least 4 members (excludes halogenated alkanes) is 1. The maximum Gasteiger partial charge on any atom is 0.275 e. The van der Waals surface area contributed by atoms with Crippen LogP contribution in [-0.2, 0) is 4.79 Å². The third kappa shape index (κ3) is 4.63. The zero-order valence-corrected chi connectivity index (χ0v) is 17.2. The maximum atomic E-state index is 12.7. The van der Waals surface area contributed by atoms with Gasteiger partial charge in [0.25, 0.3) is 5.91 Å². The molecular formula is C18H29BrN4O2. The van der Waals surface area contributed by atoms with Gasteiger partial charge in [-0.05, 0) is 41.1 Å². The number of carbonyl (C=O) groups is 2. The first kappa shape index (κ1) is 19.9. The summed E-state index contributed by atoms with van der Waals surface area (Å²) in [6, 6.07) is 0. The largest absolute Gasteiger partial charge is 0.346 e. The number of halogens is 1. The zero-order valence-electron chi connectivity index (χ0n) is 15.6. The third-order valence-electron chi connectivity index (χ3n) is 4.87. The molecule has 0 aromatic carbocycles. The Morgan fingerprint density at radius 3 is 2.52 bits per heavy atom. The highest BCUT2D eigenvalue weighted by Gasteiger charge is 2.31. The smallest absolute Gasteiger partial charge is 0.275 e. The summed E-state index contributed by atoms with van der Waals surface area (Å²) in [5.41, 5.74) is 1.37. The lowest BCUT2D eigenvalue weighted by Crippen LogP contribution is -2.43. The molecule has 140 valence electrons. The Morgan fingerprint density at radius 2 is 2.00 bits per heavy atom. The highest BCUT2D eigenvalue weighted by molar-refractivity contribution is 9.10. The fourth-order valence-electron chi connectivity index (χ4n) is 3.16. The van der Waals surface area contributed by atoms with E-state index in [1.54, 1.807) is 4.90 Å². The molecule has 1 aromatic heterocycles. The molecule has 1 aliphatic rings. The van der Waals surface area contributed by atoms with Crippen LogP contribution < -0.4 is 0 Å². The van der Waals surface area contributed by atoms with Gasteiger partial charge in [0.15, 0.2) is 5.69 Å². The van der Waals surface area contributed by atoms with Crippen LogP contribution in [-0.4, -0.2) is 58.5 Å². The molecule has 1 aliphatic heterocycles. The van der Waals surface area contributed by atoms with Crippen LogP contribution in [0.5, 0.6) is 0 Å². The van der Waals surface area contributed by atoms with Crippen molar-refractivity contribution in [3.05, 3.63) is 15.9 Å². The summed E-state index contributed by atoms with van der Waals surface area (Å²) in [6.45, 7) is 8.25. The van der Waals surface area contributed by atoms with Gasteiger partial charge in [0.05, 0.1) is 10.2 Å². The van der Waals surface area contributed by atoms with Crippen LogP contribution in [0.15, 0.2) is 4.47 Å². The van der Waals surface area contributed by atoms with Crippen LogP contribution in [0.1, 0.15) is 68.6 Å². The number of carbonyl (C=O) groups excluding carboxylic acids is 2. The Bertz CT molecular complexity index is 606. The Hall–Kier alpha value is -1.37. The number of likely N-dealkylation sites (tertiary alicyclic amines) is 1. The average molecular weight is 413 g/mol. The number of H-pyrrole nitrogens is 1. The van der Waals surface area contributed by atoms with Crippen molar-refractivity contribution in [2.75, 3.05) is 26.7 Å². The number of nitrogens with one attached hydrogen (secondary N) is 1. The fourth-order valence-corrected chi connectivity index (χ4v) is 3.97. The van der Waals surface area contributed by atoms with Gasteiger partial charge in [0, 0.05) is 32.6 Å². The predicted molar refractivity (Wildman–Crippen MR) is 102 cm³/mol. The normalized spacial score (nSPS) is 15.7. The van der Waals surface area contributed by atoms with Gasteiger partial charge in [0.2, 0.25) is 5.91 Å². The molecule has 7 heteroatoms. The molecule has 0 atom stereocenters. The summed E-state index contributed by atoms with van der Waals surface area (Å²) >= 11 is 3.50. The quantitative estimate of drug-likeness (QED) is 0.777. The predicted octanol–water partition coefficient (Wildman–Crippen LogP) is 3.41. The number of nitrogens with zero attached hydrogens (tertiary/aromatic N) is 3. The molecule has 0 radical (unpaired) electrons. The minimum absolute atomic E-state index is 0.0276. The van der Waals surface area contributed by atoms with E-state index in [2.05, 4.69) is 46.9 Å². The monoisotopic (exact) mass is 412 g/mol. The van der Waals surface area contributed by atoms with Crippen molar-refractivity contribution in [3.8, 4) is 0 Å². The maximum absolute atomic E-state index is 12.7. The number of hydrogen-bond donors (Lipinski definition) is 1. The van der Waals surface area contributed by atoms with Crippen molar-refractivity contribution in [2.24, 2.45) is 5.92 Å². The van der Waals surface area contributed by atoms with E-state index in [1.807, 2.05) is 11.9 Å². The molecule has 0 aliphatic carbocycles. The number of piperidine rings is 1. The Labute approximate surface area is 158 Å². The molecule has 1 aromatic rings. The van der Waals surface area contributed by atoms with Crippen LogP contribution in [0, 0.1) is 5.92 Å². The second-order valence-corrected chi connectivity index (χ2v) is 7.93. The second-order valence-electron chi connectivity index (χ2n) is 7.13. The van der Waals surface area contributed by atoms with Crippen molar-refractivity contribution < 1.29 is 9.59 Å². The van der Waals surface area contributed by atoms with Gasteiger partial charge < -0.3 is 9.80 Å². The van der Waals surface area contributed by atoms with Crippen molar-refractivity contribution in [2.45, 2.75) is 52.4 Å². The highest BCUT2D eigenvalue weighted by Crippen LogP contribution is 2.28. The molecular weight excluding hydrogens is 384 g/mol. The van der Waals surface area contributed by atoms with Gasteiger partial charge in [-0.3, -0.25) is 14.7 Å². The number of aromatic nitrogens is 2. The standard InChI is InChI=1S/C18H29BrN4O2/c1-5-6-9-22(4)17(24)13-7-10-23(11-8-13)18(25)16-14(19)15(12(2)3)20-21-16/h12-13H,5-11H2,1-4H3,(H,20,21). The molecule has 0 saturated carbocycles. The first-order valence-corrected chi connectivity index (χ1v) is 9.94. The SMILES string of the molecule is CCCCN(C)C(=O)C1CCN(C(=O)c2n[nH]c(C(C)C)c2Br)CC1. The average Bonchev–Trinajstić information content (AvgIpc) is 3.00. The number of rotatable bonds is 6. The number of hydrogen-bond acceptors (Lipinski definition) is 3. The summed E-state index contributed by atoms with van der Waals surface area (Å²) in [5, 5.41) is 7.14. The van der Waals surface area contributed by atoms with Crippen LogP contribution in [0.25, 0.3) is 0 Å². The van der Waals surface area contributed by atoms with E-state index in [-0.39, 0.29) is 23.7 Å². The van der Waals surface area contributed by atoms with E-state index in [9.17, 15) is 9.59 Å². The van der Waals surface area contributed by atoms with E-state index in [4.69, 9.17) is 0 Å². The molecule has 1 fully saturated rings. The minimum Gasteiger partial charge on any atom is -0.346 e. The molecule has 0 bridgehead atoms. The van der Waals surface area contributed by atoms with Crippen molar-refractivity contribution in [1.82, 2.24) is 20.0 Å². The summed E-state index contributed by atoms with van der Waals surface area (Å²) in [7, 11) is 1.88. The molecule has 1 N–H and O–H groups in total. The summed E-state index contributed by atoms with van der Waals surface area (Å²) in [5.74, 6) is 0.439. The van der Waals surface area contributed by atoms with Gasteiger partial charge >= 0.3 is 0 Å². The van der Waals surface area contributed by atoms with Gasteiger partial charge in [-0.25, -0.2) is 0 Å². The first-order valence-electron chi connectivity index (χ1n) is 9.14. The first-order chi connectivity index (χ1) is 11.9. The molecule has 25 heavy (non-hydrogen) atoms. The van der Waals surface area contributed by atoms with Crippen molar-refractivity contribution in [1.29, 1.82) is 0 Å². The fraction of sp³-hybridized carbons (Fsp3) is 0.722. The van der Waals surface area contributed by atoms with Gasteiger partial charge in [-0.2, -0.15) is 5.10 Å². The van der Waals surface area contributed by atoms with E-state index in [0.29, 0.717) is 18.8 Å². The molecule has 2 heterocycles. The van der Waals surface area contributed by atoms with Gasteiger partial charge in [-0.15, -0.1) is 0 Å². The van der Waals surface area contributed by atoms with E-state index < -0.39 is 0 Å². The van der Waals surface area contributed by atoms with E-state index in [1.165, 1.54) is 0 Å². The number of aromatic amines is 1. The van der Waals surface area contributed by atoms with Crippen LogP contribution >= 0.6 is 15.9 Å². The Morgan fingerprint density at radius 1 is 1.36 bits per heavy atom. The molecule has 0 spiro atoms. The third-order valence-corrected chi connectivity index (χ3v) is 5.67. The zero-order chi connectivity index (χ0) is 18.6. The summed E-state index contributed by atoms with van der Waals surface area (Å²) < 4.78 is 0.755. The van der Waals surface area contributed by atoms with Gasteiger partial charge in [0.1, 0.15) is 0 Å². The van der Waals surface area contributed by atoms with Crippen LogP contribution in [0.4, 0.5) is 0 Å². The Kier molecular flexibility index (Phi) is 7.04. The van der Waals surface area contributed by atoms with Crippen LogP contribution in [0.2, 0.25) is 0 Å². The minimum atomic E-state index is -0.0692. The van der Waals surface area contributed by atoms with Crippen molar-refractivity contribution in [3.63, 3.8) is 0 Å².